The number of aromatic nitrogens is 2. The molecular weight excluding hydrogens is 208 g/mol. The van der Waals surface area contributed by atoms with Gasteiger partial charge in [0.15, 0.2) is 0 Å². The van der Waals surface area contributed by atoms with Crippen LogP contribution in [0.3, 0.4) is 0 Å². The minimum absolute atomic E-state index is 0.360. The predicted octanol–water partition coefficient (Wildman–Crippen LogP) is 1.03. The molecule has 2 aromatic heterocycles. The minimum atomic E-state index is -0.748. The van der Waals surface area contributed by atoms with Gasteiger partial charge in [-0.1, -0.05) is 6.07 Å². The topological polar surface area (TPSA) is 76.0 Å². The lowest BCUT2D eigenvalue weighted by atomic mass is 10.1. The first-order valence-electron chi connectivity index (χ1n) is 4.65. The molecule has 3 aromatic rings. The molecule has 0 unspecified atom stereocenters. The van der Waals surface area contributed by atoms with Crippen LogP contribution in [0.15, 0.2) is 44.6 Å². The molecule has 1 aromatic carbocycles. The van der Waals surface area contributed by atoms with Gasteiger partial charge in [-0.15, -0.1) is 0 Å². The Hall–Kier alpha value is -2.43. The molecule has 0 saturated carbocycles. The maximum Gasteiger partial charge on any atom is 0.419 e. The van der Waals surface area contributed by atoms with Crippen molar-refractivity contribution in [3.05, 3.63) is 51.6 Å². The third-order valence-electron chi connectivity index (χ3n) is 2.45. The van der Waals surface area contributed by atoms with E-state index in [1.807, 2.05) is 0 Å². The van der Waals surface area contributed by atoms with Gasteiger partial charge < -0.3 is 4.42 Å². The van der Waals surface area contributed by atoms with Crippen molar-refractivity contribution in [3.63, 3.8) is 0 Å². The fraction of sp³-hybridized carbons (Fsp3) is 0. The van der Waals surface area contributed by atoms with E-state index >= 15 is 0 Å². The summed E-state index contributed by atoms with van der Waals surface area (Å²) in [5, 5.41) is 1.99. The van der Waals surface area contributed by atoms with Gasteiger partial charge in [-0.25, -0.2) is 9.59 Å². The number of fused-ring (bicyclic) bond motifs is 3. The van der Waals surface area contributed by atoms with Crippen molar-refractivity contribution in [3.8, 4) is 0 Å². The summed E-state index contributed by atoms with van der Waals surface area (Å²) in [5.41, 5.74) is -0.140. The van der Waals surface area contributed by atoms with Crippen LogP contribution in [-0.2, 0) is 0 Å². The molecule has 0 spiro atoms. The highest BCUT2D eigenvalue weighted by molar-refractivity contribution is 6.04. The molecule has 3 rings (SSSR count). The van der Waals surface area contributed by atoms with E-state index in [1.54, 1.807) is 30.6 Å². The molecule has 0 aliphatic rings. The van der Waals surface area contributed by atoms with Gasteiger partial charge in [0.2, 0.25) is 0 Å². The molecule has 0 saturated heterocycles. The van der Waals surface area contributed by atoms with Crippen molar-refractivity contribution in [2.75, 3.05) is 0 Å². The molecule has 0 aliphatic carbocycles. The molecular formula is C11H6N2O3. The van der Waals surface area contributed by atoms with E-state index in [0.717, 1.165) is 10.8 Å². The first kappa shape index (κ1) is 8.84. The summed E-state index contributed by atoms with van der Waals surface area (Å²) in [4.78, 5) is 29.0. The maximum atomic E-state index is 11.4. The quantitative estimate of drug-likeness (QED) is 0.567. The molecule has 5 heteroatoms. The lowest BCUT2D eigenvalue weighted by molar-refractivity contribution is 0.460. The third kappa shape index (κ3) is 1.15. The number of nitrogens with zero attached hydrogens (tertiary/aromatic N) is 1. The average molecular weight is 214 g/mol. The summed E-state index contributed by atoms with van der Waals surface area (Å²) in [6.07, 6.45) is 3.27. The van der Waals surface area contributed by atoms with Crippen molar-refractivity contribution in [1.82, 2.24) is 9.97 Å². The fourth-order valence-corrected chi connectivity index (χ4v) is 1.74. The molecule has 5 nitrogen and oxygen atoms in total. The van der Waals surface area contributed by atoms with Gasteiger partial charge in [-0.2, -0.15) is 0 Å². The Morgan fingerprint density at radius 3 is 2.88 bits per heavy atom. The zero-order chi connectivity index (χ0) is 11.1. The highest BCUT2D eigenvalue weighted by atomic mass is 16.4. The molecule has 1 N–H and O–H groups in total. The summed E-state index contributed by atoms with van der Waals surface area (Å²) in [6.45, 7) is 0. The van der Waals surface area contributed by atoms with Crippen LogP contribution in [0.5, 0.6) is 0 Å². The first-order valence-corrected chi connectivity index (χ1v) is 4.65. The second-order valence-corrected chi connectivity index (χ2v) is 3.39. The van der Waals surface area contributed by atoms with Gasteiger partial charge in [0.1, 0.15) is 0 Å². The summed E-state index contributed by atoms with van der Waals surface area (Å²) in [6, 6.07) is 5.12. The van der Waals surface area contributed by atoms with E-state index < -0.39 is 11.4 Å². The fourth-order valence-electron chi connectivity index (χ4n) is 1.74. The number of hydrogen-bond acceptors (Lipinski definition) is 4. The average Bonchev–Trinajstić information content (AvgIpc) is 2.28. The van der Waals surface area contributed by atoms with Crippen molar-refractivity contribution >= 4 is 21.7 Å². The van der Waals surface area contributed by atoms with Gasteiger partial charge in [0.25, 0.3) is 0 Å². The highest BCUT2D eigenvalue weighted by Gasteiger charge is 2.05. The number of pyridine rings is 1. The molecule has 0 fully saturated rings. The van der Waals surface area contributed by atoms with E-state index in [1.165, 1.54) is 0 Å². The molecule has 0 aliphatic heterocycles. The number of rotatable bonds is 0. The molecule has 0 amide bonds. The van der Waals surface area contributed by atoms with Crippen LogP contribution in [0, 0.1) is 0 Å². The Labute approximate surface area is 88.4 Å². The normalized spacial score (nSPS) is 11.0. The van der Waals surface area contributed by atoms with Crippen LogP contribution in [0.1, 0.15) is 0 Å². The molecule has 2 heterocycles. The molecule has 78 valence electrons. The van der Waals surface area contributed by atoms with E-state index in [9.17, 15) is 9.59 Å². The van der Waals surface area contributed by atoms with Crippen LogP contribution in [0.4, 0.5) is 0 Å². The smallest absolute Gasteiger partial charge is 0.372 e. The maximum absolute atomic E-state index is 11.4. The molecule has 0 atom stereocenters. The van der Waals surface area contributed by atoms with Gasteiger partial charge in [-0.3, -0.25) is 9.97 Å². The molecule has 16 heavy (non-hydrogen) atoms. The van der Waals surface area contributed by atoms with E-state index in [-0.39, 0.29) is 0 Å². The summed E-state index contributed by atoms with van der Waals surface area (Å²) in [5.74, 6) is -0.748. The summed E-state index contributed by atoms with van der Waals surface area (Å²) < 4.78 is 4.46. The lowest BCUT2D eigenvalue weighted by Crippen LogP contribution is -2.14. The zero-order valence-corrected chi connectivity index (χ0v) is 8.06. The summed E-state index contributed by atoms with van der Waals surface area (Å²) in [7, 11) is 0. The van der Waals surface area contributed by atoms with Crippen LogP contribution in [0.2, 0.25) is 0 Å². The zero-order valence-electron chi connectivity index (χ0n) is 8.06. The number of benzene rings is 1. The van der Waals surface area contributed by atoms with E-state index in [4.69, 9.17) is 0 Å². The Bertz CT molecular complexity index is 801. The Morgan fingerprint density at radius 1 is 1.12 bits per heavy atom. The van der Waals surface area contributed by atoms with Crippen LogP contribution < -0.4 is 11.4 Å². The van der Waals surface area contributed by atoms with Gasteiger partial charge in [0.05, 0.1) is 10.9 Å². The largest absolute Gasteiger partial charge is 0.419 e. The Balaban J connectivity index is 2.70. The number of aromatic amines is 1. The lowest BCUT2D eigenvalue weighted by Gasteiger charge is -2.00. The molecule has 0 radical (unpaired) electrons. The van der Waals surface area contributed by atoms with Crippen molar-refractivity contribution in [2.24, 2.45) is 0 Å². The van der Waals surface area contributed by atoms with Gasteiger partial charge in [0, 0.05) is 23.2 Å². The summed E-state index contributed by atoms with van der Waals surface area (Å²) >= 11 is 0. The van der Waals surface area contributed by atoms with E-state index in [2.05, 4.69) is 14.4 Å². The minimum Gasteiger partial charge on any atom is -0.372 e. The second kappa shape index (κ2) is 3.03. The van der Waals surface area contributed by atoms with Crippen LogP contribution >= 0.6 is 0 Å². The first-order chi connectivity index (χ1) is 7.75. The van der Waals surface area contributed by atoms with Crippen LogP contribution in [0.25, 0.3) is 21.7 Å². The van der Waals surface area contributed by atoms with Gasteiger partial charge >= 0.3 is 11.4 Å². The number of H-pyrrole nitrogens is 1. The number of hydrogen-bond donors (Lipinski definition) is 1. The van der Waals surface area contributed by atoms with Crippen molar-refractivity contribution < 1.29 is 4.42 Å². The highest BCUT2D eigenvalue weighted by Crippen LogP contribution is 2.19. The Kier molecular flexibility index (Phi) is 1.67. The van der Waals surface area contributed by atoms with Gasteiger partial charge in [-0.05, 0) is 12.1 Å². The van der Waals surface area contributed by atoms with Crippen LogP contribution in [-0.4, -0.2) is 9.97 Å². The van der Waals surface area contributed by atoms with E-state index in [0.29, 0.717) is 10.9 Å². The molecule has 0 bridgehead atoms. The number of nitrogens with one attached hydrogen (secondary N) is 1. The van der Waals surface area contributed by atoms with Crippen molar-refractivity contribution in [1.29, 1.82) is 0 Å². The third-order valence-corrected chi connectivity index (χ3v) is 2.45. The monoisotopic (exact) mass is 214 g/mol. The Morgan fingerprint density at radius 2 is 2.00 bits per heavy atom. The van der Waals surface area contributed by atoms with Crippen molar-refractivity contribution in [2.45, 2.75) is 0 Å². The predicted molar refractivity (Wildman–Crippen MR) is 58.4 cm³/mol. The second-order valence-electron chi connectivity index (χ2n) is 3.39. The standard InChI is InChI=1S/C11H6N2O3/c14-10-8-2-1-6-5-12-4-3-7(6)9(8)13-11(15)16-10/h1-5H,(H,13,15). The SMILES string of the molecule is O=c1[nH]c2c(ccc3cnccc32)c(=O)o1.